The molecule has 1 N–H and O–H groups in total. The Morgan fingerprint density at radius 3 is 2.67 bits per heavy atom. The molecule has 1 aliphatic carbocycles. The predicted molar refractivity (Wildman–Crippen MR) is 58.8 cm³/mol. The summed E-state index contributed by atoms with van der Waals surface area (Å²) in [5, 5.41) is 9.31. The van der Waals surface area contributed by atoms with Crippen LogP contribution in [0.2, 0.25) is 0 Å². The van der Waals surface area contributed by atoms with E-state index in [1.165, 1.54) is 19.3 Å². The van der Waals surface area contributed by atoms with E-state index in [0.29, 0.717) is 12.0 Å². The van der Waals surface area contributed by atoms with E-state index in [0.717, 1.165) is 25.8 Å². The molecule has 2 rings (SSSR count). The van der Waals surface area contributed by atoms with E-state index in [4.69, 9.17) is 0 Å². The third-order valence-electron chi connectivity index (χ3n) is 3.82. The molecule has 1 aliphatic heterocycles. The maximum atomic E-state index is 11.3. The van der Waals surface area contributed by atoms with Crippen molar-refractivity contribution < 1.29 is 9.90 Å². The van der Waals surface area contributed by atoms with Crippen molar-refractivity contribution in [2.75, 3.05) is 6.54 Å². The minimum Gasteiger partial charge on any atom is -0.480 e. The number of rotatable bonds is 4. The standard InChI is InChI=1S/C12H21NO2/c1-2-10-5-3-4-8-13(10)11(12(14)15)9-6-7-9/h9-11H,2-8H2,1H3,(H,14,15). The Morgan fingerprint density at radius 1 is 1.40 bits per heavy atom. The fourth-order valence-electron chi connectivity index (χ4n) is 2.85. The first-order chi connectivity index (χ1) is 7.24. The predicted octanol–water partition coefficient (Wildman–Crippen LogP) is 2.11. The molecule has 2 aliphatic rings. The highest BCUT2D eigenvalue weighted by Crippen LogP contribution is 2.38. The van der Waals surface area contributed by atoms with Crippen LogP contribution in [-0.4, -0.2) is 34.6 Å². The van der Waals surface area contributed by atoms with Gasteiger partial charge in [-0.3, -0.25) is 9.69 Å². The highest BCUT2D eigenvalue weighted by molar-refractivity contribution is 5.74. The Kier molecular flexibility index (Phi) is 3.29. The van der Waals surface area contributed by atoms with Gasteiger partial charge in [-0.25, -0.2) is 0 Å². The Balaban J connectivity index is 2.06. The molecule has 0 radical (unpaired) electrons. The number of aliphatic carboxylic acids is 1. The van der Waals surface area contributed by atoms with Crippen molar-refractivity contribution in [2.45, 2.75) is 57.5 Å². The largest absolute Gasteiger partial charge is 0.480 e. The van der Waals surface area contributed by atoms with Crippen molar-refractivity contribution in [1.82, 2.24) is 4.90 Å². The zero-order valence-electron chi connectivity index (χ0n) is 9.48. The van der Waals surface area contributed by atoms with Crippen molar-refractivity contribution in [3.63, 3.8) is 0 Å². The van der Waals surface area contributed by atoms with E-state index in [1.54, 1.807) is 0 Å². The summed E-state index contributed by atoms with van der Waals surface area (Å²) in [5.74, 6) is -0.160. The molecule has 0 aromatic carbocycles. The Labute approximate surface area is 91.5 Å². The smallest absolute Gasteiger partial charge is 0.321 e. The molecule has 86 valence electrons. The van der Waals surface area contributed by atoms with E-state index >= 15 is 0 Å². The lowest BCUT2D eigenvalue weighted by Gasteiger charge is -2.39. The molecule has 0 aromatic rings. The van der Waals surface area contributed by atoms with Gasteiger partial charge in [0.25, 0.3) is 0 Å². The number of piperidine rings is 1. The lowest BCUT2D eigenvalue weighted by atomic mass is 9.96. The zero-order chi connectivity index (χ0) is 10.8. The molecule has 1 saturated carbocycles. The molecule has 0 spiro atoms. The Morgan fingerprint density at radius 2 is 2.13 bits per heavy atom. The molecule has 0 aromatic heterocycles. The van der Waals surface area contributed by atoms with E-state index in [-0.39, 0.29) is 6.04 Å². The van der Waals surface area contributed by atoms with E-state index < -0.39 is 5.97 Å². The molecule has 1 saturated heterocycles. The molecule has 15 heavy (non-hydrogen) atoms. The molecule has 3 heteroatoms. The second-order valence-electron chi connectivity index (χ2n) is 4.92. The van der Waals surface area contributed by atoms with Crippen molar-refractivity contribution >= 4 is 5.97 Å². The fourth-order valence-corrected chi connectivity index (χ4v) is 2.85. The van der Waals surface area contributed by atoms with Crippen LogP contribution in [0.1, 0.15) is 45.4 Å². The summed E-state index contributed by atoms with van der Waals surface area (Å²) in [5.41, 5.74) is 0. The normalized spacial score (nSPS) is 30.1. The number of hydrogen-bond donors (Lipinski definition) is 1. The van der Waals surface area contributed by atoms with Gasteiger partial charge in [-0.15, -0.1) is 0 Å². The molecule has 0 bridgehead atoms. The van der Waals surface area contributed by atoms with E-state index in [9.17, 15) is 9.90 Å². The van der Waals surface area contributed by atoms with Gasteiger partial charge in [0.15, 0.2) is 0 Å². The first kappa shape index (κ1) is 10.9. The summed E-state index contributed by atoms with van der Waals surface area (Å²) in [4.78, 5) is 13.6. The molecule has 0 amide bonds. The molecular formula is C12H21NO2. The van der Waals surface area contributed by atoms with Crippen LogP contribution >= 0.6 is 0 Å². The van der Waals surface area contributed by atoms with Crippen LogP contribution < -0.4 is 0 Å². The average Bonchev–Trinajstić information content (AvgIpc) is 3.03. The van der Waals surface area contributed by atoms with Gasteiger partial charge >= 0.3 is 5.97 Å². The second-order valence-corrected chi connectivity index (χ2v) is 4.92. The molecule has 2 fully saturated rings. The lowest BCUT2D eigenvalue weighted by Crippen LogP contribution is -2.50. The van der Waals surface area contributed by atoms with Crippen molar-refractivity contribution in [3.8, 4) is 0 Å². The van der Waals surface area contributed by atoms with Gasteiger partial charge in [-0.2, -0.15) is 0 Å². The molecule has 1 heterocycles. The van der Waals surface area contributed by atoms with Crippen LogP contribution in [0.3, 0.4) is 0 Å². The van der Waals surface area contributed by atoms with Gasteiger partial charge < -0.3 is 5.11 Å². The van der Waals surface area contributed by atoms with Crippen LogP contribution in [0.5, 0.6) is 0 Å². The topological polar surface area (TPSA) is 40.5 Å². The summed E-state index contributed by atoms with van der Waals surface area (Å²) in [6, 6.07) is 0.329. The fraction of sp³-hybridized carbons (Fsp3) is 0.917. The second kappa shape index (κ2) is 4.52. The van der Waals surface area contributed by atoms with Crippen LogP contribution in [0.25, 0.3) is 0 Å². The number of carboxylic acids is 1. The van der Waals surface area contributed by atoms with E-state index in [1.807, 2.05) is 0 Å². The number of carboxylic acid groups (broad SMARTS) is 1. The van der Waals surface area contributed by atoms with Gasteiger partial charge in [0.05, 0.1) is 0 Å². The third kappa shape index (κ3) is 2.33. The maximum absolute atomic E-state index is 11.3. The minimum atomic E-state index is -0.599. The van der Waals surface area contributed by atoms with Crippen molar-refractivity contribution in [2.24, 2.45) is 5.92 Å². The monoisotopic (exact) mass is 211 g/mol. The quantitative estimate of drug-likeness (QED) is 0.774. The van der Waals surface area contributed by atoms with Gasteiger partial charge in [0.1, 0.15) is 6.04 Å². The summed E-state index contributed by atoms with van der Waals surface area (Å²) in [6.07, 6.45) is 6.95. The molecule has 2 atom stereocenters. The highest BCUT2D eigenvalue weighted by Gasteiger charge is 2.42. The van der Waals surface area contributed by atoms with E-state index in [2.05, 4.69) is 11.8 Å². The van der Waals surface area contributed by atoms with Gasteiger partial charge in [0.2, 0.25) is 0 Å². The molecule has 3 nitrogen and oxygen atoms in total. The number of carbonyl (C=O) groups is 1. The number of likely N-dealkylation sites (tertiary alicyclic amines) is 1. The summed E-state index contributed by atoms with van der Waals surface area (Å²) in [6.45, 7) is 3.17. The van der Waals surface area contributed by atoms with Gasteiger partial charge in [-0.05, 0) is 44.6 Å². The van der Waals surface area contributed by atoms with Crippen LogP contribution in [0.15, 0.2) is 0 Å². The maximum Gasteiger partial charge on any atom is 0.321 e. The summed E-state index contributed by atoms with van der Waals surface area (Å²) in [7, 11) is 0. The molecular weight excluding hydrogens is 190 g/mol. The highest BCUT2D eigenvalue weighted by atomic mass is 16.4. The van der Waals surface area contributed by atoms with Crippen molar-refractivity contribution in [3.05, 3.63) is 0 Å². The third-order valence-corrected chi connectivity index (χ3v) is 3.82. The Bertz CT molecular complexity index is 238. The SMILES string of the molecule is CCC1CCCCN1C(C(=O)O)C1CC1. The summed E-state index contributed by atoms with van der Waals surface area (Å²) >= 11 is 0. The van der Waals surface area contributed by atoms with Gasteiger partial charge in [0, 0.05) is 6.04 Å². The summed E-state index contributed by atoms with van der Waals surface area (Å²) < 4.78 is 0. The van der Waals surface area contributed by atoms with Crippen molar-refractivity contribution in [1.29, 1.82) is 0 Å². The first-order valence-corrected chi connectivity index (χ1v) is 6.22. The van der Waals surface area contributed by atoms with Crippen LogP contribution in [0, 0.1) is 5.92 Å². The number of hydrogen-bond acceptors (Lipinski definition) is 2. The lowest BCUT2D eigenvalue weighted by molar-refractivity contribution is -0.146. The first-order valence-electron chi connectivity index (χ1n) is 6.22. The number of nitrogens with zero attached hydrogens (tertiary/aromatic N) is 1. The van der Waals surface area contributed by atoms with Gasteiger partial charge in [-0.1, -0.05) is 13.3 Å². The molecule has 2 unspecified atom stereocenters. The minimum absolute atomic E-state index is 0.185. The Hall–Kier alpha value is -0.570. The van der Waals surface area contributed by atoms with Crippen LogP contribution in [0.4, 0.5) is 0 Å². The zero-order valence-corrected chi connectivity index (χ0v) is 9.48. The van der Waals surface area contributed by atoms with Crippen LogP contribution in [-0.2, 0) is 4.79 Å². The average molecular weight is 211 g/mol.